The Labute approximate surface area is 152 Å². The Morgan fingerprint density at radius 2 is 2.04 bits per heavy atom. The van der Waals surface area contributed by atoms with E-state index in [4.69, 9.17) is 4.52 Å². The first-order valence-electron chi connectivity index (χ1n) is 9.19. The number of piperidine rings is 1. The molecule has 2 fully saturated rings. The van der Waals surface area contributed by atoms with Gasteiger partial charge in [-0.15, -0.1) is 0 Å². The van der Waals surface area contributed by atoms with Crippen molar-refractivity contribution in [2.45, 2.75) is 38.0 Å². The fourth-order valence-corrected chi connectivity index (χ4v) is 3.18. The molecule has 2 aromatic heterocycles. The van der Waals surface area contributed by atoms with Crippen LogP contribution in [0.5, 0.6) is 0 Å². The Hall–Kier alpha value is -2.64. The van der Waals surface area contributed by atoms with E-state index >= 15 is 0 Å². The van der Waals surface area contributed by atoms with Crippen LogP contribution in [-0.4, -0.2) is 48.2 Å². The van der Waals surface area contributed by atoms with E-state index < -0.39 is 0 Å². The highest BCUT2D eigenvalue weighted by atomic mass is 16.5. The van der Waals surface area contributed by atoms with E-state index in [2.05, 4.69) is 25.3 Å². The van der Waals surface area contributed by atoms with Gasteiger partial charge in [0.2, 0.25) is 5.95 Å². The minimum absolute atomic E-state index is 0.289. The third-order valence-electron chi connectivity index (χ3n) is 4.81. The van der Waals surface area contributed by atoms with Crippen molar-refractivity contribution in [1.29, 1.82) is 0 Å². The van der Waals surface area contributed by atoms with Crippen LogP contribution in [0.25, 0.3) is 0 Å². The lowest BCUT2D eigenvalue weighted by Crippen LogP contribution is -2.31. The number of nitrogens with one attached hydrogen (secondary N) is 1. The summed E-state index contributed by atoms with van der Waals surface area (Å²) in [5.41, 5.74) is 0.855. The maximum atomic E-state index is 12.5. The number of hydrogen-bond donors (Lipinski definition) is 1. The van der Waals surface area contributed by atoms with Gasteiger partial charge in [0.05, 0.1) is 6.20 Å². The maximum Gasteiger partial charge on any atom is 0.277 e. The topological polar surface area (TPSA) is 87.4 Å². The van der Waals surface area contributed by atoms with Crippen molar-refractivity contribution in [3.05, 3.63) is 23.7 Å². The highest BCUT2D eigenvalue weighted by Crippen LogP contribution is 2.40. The molecule has 3 heterocycles. The van der Waals surface area contributed by atoms with Crippen LogP contribution < -0.4 is 15.1 Å². The zero-order chi connectivity index (χ0) is 18.1. The van der Waals surface area contributed by atoms with Gasteiger partial charge in [-0.1, -0.05) is 5.16 Å². The summed E-state index contributed by atoms with van der Waals surface area (Å²) in [5, 5.41) is 6.75. The molecule has 0 bridgehead atoms. The van der Waals surface area contributed by atoms with E-state index in [-0.39, 0.29) is 11.6 Å². The second-order valence-electron chi connectivity index (χ2n) is 7.19. The Balaban J connectivity index is 1.53. The first kappa shape index (κ1) is 16.8. The molecule has 0 atom stereocenters. The number of amides is 1. The summed E-state index contributed by atoms with van der Waals surface area (Å²) in [6.07, 6.45) is 7.46. The number of hydrogen-bond acceptors (Lipinski definition) is 7. The van der Waals surface area contributed by atoms with E-state index in [0.29, 0.717) is 23.4 Å². The first-order chi connectivity index (χ1) is 12.6. The van der Waals surface area contributed by atoms with Gasteiger partial charge in [0, 0.05) is 39.2 Å². The van der Waals surface area contributed by atoms with Crippen LogP contribution in [0.4, 0.5) is 17.5 Å². The lowest BCUT2D eigenvalue weighted by Gasteiger charge is -2.27. The van der Waals surface area contributed by atoms with E-state index in [0.717, 1.165) is 44.5 Å². The highest BCUT2D eigenvalue weighted by Gasteiger charge is 2.29. The van der Waals surface area contributed by atoms with Crippen molar-refractivity contribution in [1.82, 2.24) is 15.1 Å². The average molecular weight is 356 g/mol. The molecule has 8 nitrogen and oxygen atoms in total. The lowest BCUT2D eigenvalue weighted by atomic mass is 10.1. The molecule has 0 spiro atoms. The molecule has 1 saturated heterocycles. The van der Waals surface area contributed by atoms with E-state index in [9.17, 15) is 4.79 Å². The molecule has 1 saturated carbocycles. The summed E-state index contributed by atoms with van der Waals surface area (Å²) in [6.45, 7) is 1.95. The third-order valence-corrected chi connectivity index (χ3v) is 4.81. The predicted molar refractivity (Wildman–Crippen MR) is 98.9 cm³/mol. The monoisotopic (exact) mass is 356 g/mol. The zero-order valence-corrected chi connectivity index (χ0v) is 15.2. The molecule has 2 aliphatic rings. The number of carbonyl (C=O) groups excluding carboxylic acids is 1. The minimum Gasteiger partial charge on any atom is -0.361 e. The molecule has 1 aliphatic carbocycles. The number of carbonyl (C=O) groups is 1. The molecule has 0 unspecified atom stereocenters. The molecule has 0 aromatic carbocycles. The summed E-state index contributed by atoms with van der Waals surface area (Å²) >= 11 is 0. The molecule has 1 amide bonds. The number of aromatic nitrogens is 3. The molecule has 2 aromatic rings. The van der Waals surface area contributed by atoms with Crippen LogP contribution >= 0.6 is 0 Å². The standard InChI is InChI=1S/C18H24N6O2/c1-23(2)16-14(11-19-18(21-16)24-8-4-3-5-9-24)20-17(25)13-10-15(26-22-13)12-6-7-12/h10-12H,3-9H2,1-2H3,(H,20,25). The molecule has 1 N–H and O–H groups in total. The van der Waals surface area contributed by atoms with Crippen LogP contribution in [0, 0.1) is 0 Å². The van der Waals surface area contributed by atoms with E-state index in [1.54, 1.807) is 12.3 Å². The predicted octanol–water partition coefficient (Wildman–Crippen LogP) is 2.65. The summed E-state index contributed by atoms with van der Waals surface area (Å²) in [4.78, 5) is 25.7. The lowest BCUT2D eigenvalue weighted by molar-refractivity contribution is 0.101. The van der Waals surface area contributed by atoms with Gasteiger partial charge < -0.3 is 19.6 Å². The number of anilines is 3. The molecule has 8 heteroatoms. The molecular weight excluding hydrogens is 332 g/mol. The van der Waals surface area contributed by atoms with Gasteiger partial charge in [-0.05, 0) is 32.1 Å². The second-order valence-corrected chi connectivity index (χ2v) is 7.19. The van der Waals surface area contributed by atoms with Crippen molar-refractivity contribution in [3.8, 4) is 0 Å². The quantitative estimate of drug-likeness (QED) is 0.881. The third kappa shape index (κ3) is 3.49. The Kier molecular flexibility index (Phi) is 4.48. The van der Waals surface area contributed by atoms with Crippen LogP contribution in [0.3, 0.4) is 0 Å². The van der Waals surface area contributed by atoms with Crippen LogP contribution in [-0.2, 0) is 0 Å². The molecule has 1 aliphatic heterocycles. The molecular formula is C18H24N6O2. The van der Waals surface area contributed by atoms with Crippen LogP contribution in [0.2, 0.25) is 0 Å². The SMILES string of the molecule is CN(C)c1nc(N2CCCCC2)ncc1NC(=O)c1cc(C2CC2)on1. The molecule has 26 heavy (non-hydrogen) atoms. The Morgan fingerprint density at radius 3 is 2.73 bits per heavy atom. The van der Waals surface area contributed by atoms with Crippen molar-refractivity contribution in [3.63, 3.8) is 0 Å². The van der Waals surface area contributed by atoms with Crippen LogP contribution in [0.15, 0.2) is 16.8 Å². The van der Waals surface area contributed by atoms with Gasteiger partial charge in [-0.3, -0.25) is 4.79 Å². The molecule has 0 radical (unpaired) electrons. The summed E-state index contributed by atoms with van der Waals surface area (Å²) in [5.74, 6) is 2.30. The van der Waals surface area contributed by atoms with Crippen molar-refractivity contribution in [2.24, 2.45) is 0 Å². The van der Waals surface area contributed by atoms with Gasteiger partial charge in [0.25, 0.3) is 5.91 Å². The fourth-order valence-electron chi connectivity index (χ4n) is 3.18. The van der Waals surface area contributed by atoms with Crippen molar-refractivity contribution in [2.75, 3.05) is 42.3 Å². The zero-order valence-electron chi connectivity index (χ0n) is 15.2. The highest BCUT2D eigenvalue weighted by molar-refractivity contribution is 6.04. The summed E-state index contributed by atoms with van der Waals surface area (Å²) in [7, 11) is 3.80. The summed E-state index contributed by atoms with van der Waals surface area (Å²) in [6, 6.07) is 1.73. The van der Waals surface area contributed by atoms with Gasteiger partial charge in [0.15, 0.2) is 11.5 Å². The Morgan fingerprint density at radius 1 is 1.27 bits per heavy atom. The first-order valence-corrected chi connectivity index (χ1v) is 9.19. The maximum absolute atomic E-state index is 12.5. The normalized spacial score (nSPS) is 17.2. The van der Waals surface area contributed by atoms with E-state index in [1.165, 1.54) is 6.42 Å². The molecule has 138 valence electrons. The fraction of sp³-hybridized carbons (Fsp3) is 0.556. The van der Waals surface area contributed by atoms with E-state index in [1.807, 2.05) is 19.0 Å². The van der Waals surface area contributed by atoms with Crippen LogP contribution in [0.1, 0.15) is 54.3 Å². The minimum atomic E-state index is -0.307. The van der Waals surface area contributed by atoms with Crippen molar-refractivity contribution < 1.29 is 9.32 Å². The Bertz CT molecular complexity index is 793. The van der Waals surface area contributed by atoms with Crippen molar-refractivity contribution >= 4 is 23.4 Å². The van der Waals surface area contributed by atoms with Gasteiger partial charge >= 0.3 is 0 Å². The molecule has 4 rings (SSSR count). The summed E-state index contributed by atoms with van der Waals surface area (Å²) < 4.78 is 5.26. The average Bonchev–Trinajstić information content (AvgIpc) is 3.39. The van der Waals surface area contributed by atoms with Gasteiger partial charge in [0.1, 0.15) is 11.4 Å². The largest absolute Gasteiger partial charge is 0.361 e. The second kappa shape index (κ2) is 6.93. The number of rotatable bonds is 5. The number of nitrogens with zero attached hydrogens (tertiary/aromatic N) is 5. The smallest absolute Gasteiger partial charge is 0.277 e. The van der Waals surface area contributed by atoms with Gasteiger partial charge in [-0.25, -0.2) is 4.98 Å². The van der Waals surface area contributed by atoms with Gasteiger partial charge in [-0.2, -0.15) is 4.98 Å².